The van der Waals surface area contributed by atoms with E-state index in [4.69, 9.17) is 0 Å². The monoisotopic (exact) mass is 377 g/mol. The number of hydrogen-bond acceptors (Lipinski definition) is 0. The van der Waals surface area contributed by atoms with Gasteiger partial charge in [-0.05, 0) is 46.9 Å². The van der Waals surface area contributed by atoms with Gasteiger partial charge in [-0.3, -0.25) is 0 Å². The molecule has 0 unspecified atom stereocenters. The molecular weight excluding hydrogens is 366 g/mol. The first-order valence-electron chi connectivity index (χ1n) is 6.34. The Labute approximate surface area is 128 Å². The standard InChI is InChI=1S/C16H10FIN2/c1-20-13-5-3-2-4-11(13)14(18)15-16(20)10-7-6-9(17)8-12(10)19-15/h2-8H,1H3/p+1. The first kappa shape index (κ1) is 12.1. The Morgan fingerprint density at radius 2 is 1.90 bits per heavy atom. The zero-order chi connectivity index (χ0) is 13.9. The summed E-state index contributed by atoms with van der Waals surface area (Å²) in [4.78, 5) is 3.35. The van der Waals surface area contributed by atoms with E-state index in [1.54, 1.807) is 6.07 Å². The Hall–Kier alpha value is -1.69. The van der Waals surface area contributed by atoms with Crippen LogP contribution in [0.15, 0.2) is 42.5 Å². The van der Waals surface area contributed by atoms with Crippen LogP contribution >= 0.6 is 22.6 Å². The van der Waals surface area contributed by atoms with Gasteiger partial charge < -0.3 is 4.98 Å². The summed E-state index contributed by atoms with van der Waals surface area (Å²) >= 11 is 2.36. The molecule has 0 bridgehead atoms. The molecule has 20 heavy (non-hydrogen) atoms. The lowest BCUT2D eigenvalue weighted by Gasteiger charge is -2.01. The van der Waals surface area contributed by atoms with Gasteiger partial charge in [0, 0.05) is 6.07 Å². The highest BCUT2D eigenvalue weighted by molar-refractivity contribution is 14.1. The molecule has 98 valence electrons. The van der Waals surface area contributed by atoms with Crippen molar-refractivity contribution >= 4 is 55.4 Å². The Morgan fingerprint density at radius 1 is 1.10 bits per heavy atom. The van der Waals surface area contributed by atoms with Gasteiger partial charge >= 0.3 is 0 Å². The van der Waals surface area contributed by atoms with Crippen LogP contribution in [-0.2, 0) is 7.05 Å². The van der Waals surface area contributed by atoms with Crippen LogP contribution in [0.3, 0.4) is 0 Å². The van der Waals surface area contributed by atoms with Gasteiger partial charge in [0.05, 0.1) is 19.9 Å². The molecule has 0 aliphatic rings. The minimum Gasteiger partial charge on any atom is -0.348 e. The van der Waals surface area contributed by atoms with Crippen LogP contribution in [0, 0.1) is 9.39 Å². The van der Waals surface area contributed by atoms with Crippen LogP contribution in [-0.4, -0.2) is 4.98 Å². The molecule has 0 amide bonds. The average Bonchev–Trinajstić information content (AvgIpc) is 2.83. The van der Waals surface area contributed by atoms with Crippen molar-refractivity contribution in [2.75, 3.05) is 0 Å². The molecule has 4 heteroatoms. The summed E-state index contributed by atoms with van der Waals surface area (Å²) in [6.45, 7) is 0. The smallest absolute Gasteiger partial charge is 0.239 e. The number of fused-ring (bicyclic) bond motifs is 4. The zero-order valence-corrected chi connectivity index (χ0v) is 12.9. The number of para-hydroxylation sites is 1. The van der Waals surface area contributed by atoms with Crippen LogP contribution in [0.2, 0.25) is 0 Å². The molecule has 0 fully saturated rings. The van der Waals surface area contributed by atoms with E-state index < -0.39 is 0 Å². The largest absolute Gasteiger partial charge is 0.348 e. The molecule has 4 aromatic rings. The number of halogens is 2. The fourth-order valence-electron chi connectivity index (χ4n) is 2.87. The molecule has 0 saturated heterocycles. The van der Waals surface area contributed by atoms with Crippen molar-refractivity contribution in [3.05, 3.63) is 51.9 Å². The Balaban J connectivity index is 2.35. The van der Waals surface area contributed by atoms with Crippen molar-refractivity contribution in [1.82, 2.24) is 4.98 Å². The van der Waals surface area contributed by atoms with Crippen molar-refractivity contribution in [2.45, 2.75) is 0 Å². The summed E-state index contributed by atoms with van der Waals surface area (Å²) in [7, 11) is 2.05. The molecule has 1 N–H and O–H groups in total. The van der Waals surface area contributed by atoms with Crippen molar-refractivity contribution < 1.29 is 8.96 Å². The third-order valence-corrected chi connectivity index (χ3v) is 4.91. The number of rotatable bonds is 0. The molecule has 0 aliphatic heterocycles. The van der Waals surface area contributed by atoms with Gasteiger partial charge in [-0.1, -0.05) is 12.1 Å². The van der Waals surface area contributed by atoms with Crippen LogP contribution in [0.4, 0.5) is 4.39 Å². The molecule has 0 atom stereocenters. The Kier molecular flexibility index (Phi) is 2.51. The van der Waals surface area contributed by atoms with Crippen molar-refractivity contribution in [2.24, 2.45) is 7.05 Å². The summed E-state index contributed by atoms with van der Waals surface area (Å²) in [5, 5.41) is 2.25. The second-order valence-corrected chi connectivity index (χ2v) is 6.01. The molecule has 0 aliphatic carbocycles. The summed E-state index contributed by atoms with van der Waals surface area (Å²) in [5.41, 5.74) is 4.19. The first-order chi connectivity index (χ1) is 9.66. The van der Waals surface area contributed by atoms with E-state index in [2.05, 4.69) is 51.3 Å². The summed E-state index contributed by atoms with van der Waals surface area (Å²) in [5.74, 6) is -0.216. The number of H-pyrrole nitrogens is 1. The molecule has 4 rings (SSSR count). The number of aromatic nitrogens is 2. The topological polar surface area (TPSA) is 19.7 Å². The lowest BCUT2D eigenvalue weighted by molar-refractivity contribution is -0.616. The summed E-state index contributed by atoms with van der Waals surface area (Å²) in [6.07, 6.45) is 0. The van der Waals surface area contributed by atoms with Crippen LogP contribution in [0.5, 0.6) is 0 Å². The lowest BCUT2D eigenvalue weighted by atomic mass is 10.1. The number of nitrogens with zero attached hydrogens (tertiary/aromatic N) is 1. The fraction of sp³-hybridized carbons (Fsp3) is 0.0625. The quantitative estimate of drug-likeness (QED) is 0.353. The molecule has 2 aromatic heterocycles. The molecule has 0 spiro atoms. The second kappa shape index (κ2) is 4.15. The molecule has 2 aromatic carbocycles. The van der Waals surface area contributed by atoms with Crippen LogP contribution < -0.4 is 4.57 Å². The first-order valence-corrected chi connectivity index (χ1v) is 7.42. The highest BCUT2D eigenvalue weighted by atomic mass is 127. The molecule has 2 heterocycles. The van der Waals surface area contributed by atoms with Gasteiger partial charge in [0.2, 0.25) is 11.0 Å². The third-order valence-electron chi connectivity index (χ3n) is 3.79. The van der Waals surface area contributed by atoms with Gasteiger partial charge in [0.15, 0.2) is 0 Å². The van der Waals surface area contributed by atoms with Gasteiger partial charge in [-0.25, -0.2) is 4.39 Å². The number of hydrogen-bond donors (Lipinski definition) is 1. The van der Waals surface area contributed by atoms with Crippen molar-refractivity contribution in [3.8, 4) is 0 Å². The van der Waals surface area contributed by atoms with Gasteiger partial charge in [-0.2, -0.15) is 4.57 Å². The van der Waals surface area contributed by atoms with Gasteiger partial charge in [0.25, 0.3) is 0 Å². The predicted octanol–water partition coefficient (Wildman–Crippen LogP) is 4.04. The van der Waals surface area contributed by atoms with E-state index in [-0.39, 0.29) is 5.82 Å². The number of benzene rings is 2. The van der Waals surface area contributed by atoms with Crippen molar-refractivity contribution in [3.63, 3.8) is 0 Å². The highest BCUT2D eigenvalue weighted by Crippen LogP contribution is 2.30. The number of aromatic amines is 1. The van der Waals surface area contributed by atoms with Gasteiger partial charge in [-0.15, -0.1) is 0 Å². The van der Waals surface area contributed by atoms with Crippen LogP contribution in [0.25, 0.3) is 32.8 Å². The normalized spacial score (nSPS) is 11.8. The highest BCUT2D eigenvalue weighted by Gasteiger charge is 2.20. The number of pyridine rings is 1. The van der Waals surface area contributed by atoms with E-state index >= 15 is 0 Å². The summed E-state index contributed by atoms with van der Waals surface area (Å²) in [6, 6.07) is 13.2. The van der Waals surface area contributed by atoms with Gasteiger partial charge in [0.1, 0.15) is 18.4 Å². The number of nitrogens with one attached hydrogen (secondary N) is 1. The minimum absolute atomic E-state index is 0.216. The Bertz CT molecular complexity index is 988. The molecule has 0 saturated carbocycles. The average molecular weight is 377 g/mol. The van der Waals surface area contributed by atoms with E-state index in [0.717, 1.165) is 21.9 Å². The van der Waals surface area contributed by atoms with E-state index in [1.807, 2.05) is 18.2 Å². The van der Waals surface area contributed by atoms with E-state index in [0.29, 0.717) is 0 Å². The predicted molar refractivity (Wildman–Crippen MR) is 87.2 cm³/mol. The zero-order valence-electron chi connectivity index (χ0n) is 10.7. The molecule has 2 nitrogen and oxygen atoms in total. The molecule has 0 radical (unpaired) electrons. The third kappa shape index (κ3) is 1.51. The SMILES string of the molecule is C[n+]1c2ccccc2c(I)c2[nH]c3cc(F)ccc3c21. The fourth-order valence-corrected chi connectivity index (χ4v) is 3.72. The summed E-state index contributed by atoms with van der Waals surface area (Å²) < 4.78 is 16.8. The maximum Gasteiger partial charge on any atom is 0.239 e. The maximum absolute atomic E-state index is 13.4. The minimum atomic E-state index is -0.216. The Morgan fingerprint density at radius 3 is 2.75 bits per heavy atom. The van der Waals surface area contributed by atoms with E-state index in [1.165, 1.54) is 20.5 Å². The maximum atomic E-state index is 13.4. The van der Waals surface area contributed by atoms with Crippen molar-refractivity contribution in [1.29, 1.82) is 0 Å². The lowest BCUT2D eigenvalue weighted by Crippen LogP contribution is -2.30. The van der Waals surface area contributed by atoms with E-state index in [9.17, 15) is 4.39 Å². The van der Waals surface area contributed by atoms with Crippen LogP contribution in [0.1, 0.15) is 0 Å². The number of aryl methyl sites for hydroxylation is 1. The second-order valence-electron chi connectivity index (χ2n) is 4.93. The molecular formula is C16H11FIN2+.